The first kappa shape index (κ1) is 15.2. The van der Waals surface area contributed by atoms with E-state index in [1.165, 1.54) is 19.6 Å². The van der Waals surface area contributed by atoms with Gasteiger partial charge in [0.15, 0.2) is 22.8 Å². The lowest BCUT2D eigenvalue weighted by Gasteiger charge is -2.19. The zero-order valence-electron chi connectivity index (χ0n) is 11.7. The molecule has 9 nitrogen and oxygen atoms in total. The van der Waals surface area contributed by atoms with Gasteiger partial charge in [-0.1, -0.05) is 11.8 Å². The number of carbonyl (C=O) groups is 1. The van der Waals surface area contributed by atoms with Crippen LogP contribution in [-0.4, -0.2) is 58.9 Å². The number of rotatable bonds is 3. The molecule has 0 saturated carbocycles. The molecule has 2 aromatic rings. The molecule has 1 aliphatic rings. The number of carbonyl (C=O) groups excluding carboxylic acids is 1. The highest BCUT2D eigenvalue weighted by atomic mass is 32.2. The average molecular weight is 325 g/mol. The molecule has 0 aliphatic carbocycles. The minimum atomic E-state index is -0.986. The van der Waals surface area contributed by atoms with Gasteiger partial charge in [0.1, 0.15) is 17.9 Å². The van der Waals surface area contributed by atoms with Crippen molar-refractivity contribution in [3.63, 3.8) is 0 Å². The molecule has 1 fully saturated rings. The van der Waals surface area contributed by atoms with Gasteiger partial charge in [-0.2, -0.15) is 0 Å². The molecule has 2 aromatic heterocycles. The largest absolute Gasteiger partial charge is 0.394 e. The number of aliphatic hydroxyl groups excluding tert-OH is 2. The molecule has 0 spiro atoms. The molecule has 3 heterocycles. The molecule has 10 heteroatoms. The van der Waals surface area contributed by atoms with Gasteiger partial charge < -0.3 is 20.7 Å². The summed E-state index contributed by atoms with van der Waals surface area (Å²) in [4.78, 5) is 23.6. The summed E-state index contributed by atoms with van der Waals surface area (Å²) >= 11 is 0.960. The van der Waals surface area contributed by atoms with Crippen LogP contribution in [0.1, 0.15) is 13.2 Å². The van der Waals surface area contributed by atoms with Crippen LogP contribution in [0.3, 0.4) is 0 Å². The fourth-order valence-electron chi connectivity index (χ4n) is 2.47. The van der Waals surface area contributed by atoms with Crippen LogP contribution in [0.4, 0.5) is 5.82 Å². The molecule has 4 atom stereocenters. The van der Waals surface area contributed by atoms with Crippen LogP contribution >= 0.6 is 11.8 Å². The number of nitrogen functional groups attached to an aromatic ring is 1. The lowest BCUT2D eigenvalue weighted by atomic mass is 10.2. The van der Waals surface area contributed by atoms with Crippen LogP contribution in [0.5, 0.6) is 0 Å². The van der Waals surface area contributed by atoms with Crippen LogP contribution in [0.2, 0.25) is 0 Å². The van der Waals surface area contributed by atoms with E-state index in [2.05, 4.69) is 15.0 Å². The number of nitrogens with zero attached hydrogens (tertiary/aromatic N) is 4. The first-order valence-corrected chi connectivity index (χ1v) is 7.45. The van der Waals surface area contributed by atoms with Crippen LogP contribution in [0, 0.1) is 0 Å². The standard InChI is InChI=1S/C12H15N5O4S/c1-5(19)22-9-8(20)6(2-18)21-12(9)17-4-16-7-10(13)14-3-15-11(7)17/h3-4,6,8-9,12,18,20H,2H2,1H3,(H2,13,14,15)/t6-,8+,9?,12-/m1/s1. The van der Waals surface area contributed by atoms with Crippen molar-refractivity contribution in [3.05, 3.63) is 12.7 Å². The van der Waals surface area contributed by atoms with Gasteiger partial charge in [0.25, 0.3) is 0 Å². The summed E-state index contributed by atoms with van der Waals surface area (Å²) in [7, 11) is 0. The Morgan fingerprint density at radius 3 is 2.95 bits per heavy atom. The van der Waals surface area contributed by atoms with Gasteiger partial charge >= 0.3 is 0 Å². The normalized spacial score (nSPS) is 28.3. The van der Waals surface area contributed by atoms with Crippen molar-refractivity contribution in [1.82, 2.24) is 19.5 Å². The highest BCUT2D eigenvalue weighted by Crippen LogP contribution is 2.39. The number of hydrogen-bond acceptors (Lipinski definition) is 9. The molecular weight excluding hydrogens is 310 g/mol. The Bertz CT molecular complexity index is 708. The molecule has 22 heavy (non-hydrogen) atoms. The molecule has 4 N–H and O–H groups in total. The summed E-state index contributed by atoms with van der Waals surface area (Å²) < 4.78 is 7.27. The lowest BCUT2D eigenvalue weighted by molar-refractivity contribution is -0.109. The number of anilines is 1. The SMILES string of the molecule is CC(=O)SC1[C@@H](O)[C@@H](CO)O[C@H]1n1cnc2c(N)ncnc21. The van der Waals surface area contributed by atoms with Crippen molar-refractivity contribution in [2.75, 3.05) is 12.3 Å². The Kier molecular flexibility index (Phi) is 4.00. The average Bonchev–Trinajstić information content (AvgIpc) is 3.02. The summed E-state index contributed by atoms with van der Waals surface area (Å²) in [6, 6.07) is 0. The second-order valence-corrected chi connectivity index (χ2v) is 6.25. The number of fused-ring (bicyclic) bond motifs is 1. The summed E-state index contributed by atoms with van der Waals surface area (Å²) in [5.74, 6) is 0.233. The molecule has 0 bridgehead atoms. The first-order valence-electron chi connectivity index (χ1n) is 6.57. The molecule has 1 aliphatic heterocycles. The monoisotopic (exact) mass is 325 g/mol. The number of nitrogens with two attached hydrogens (primary N) is 1. The molecule has 0 radical (unpaired) electrons. The number of aliphatic hydroxyl groups is 2. The van der Waals surface area contributed by atoms with Gasteiger partial charge in [-0.15, -0.1) is 0 Å². The van der Waals surface area contributed by atoms with E-state index >= 15 is 0 Å². The first-order chi connectivity index (χ1) is 10.5. The zero-order chi connectivity index (χ0) is 15.9. The van der Waals surface area contributed by atoms with E-state index in [0.29, 0.717) is 11.2 Å². The van der Waals surface area contributed by atoms with Crippen molar-refractivity contribution >= 4 is 33.9 Å². The Morgan fingerprint density at radius 2 is 2.27 bits per heavy atom. The Balaban J connectivity index is 2.03. The van der Waals surface area contributed by atoms with Gasteiger partial charge in [-0.3, -0.25) is 9.36 Å². The van der Waals surface area contributed by atoms with E-state index < -0.39 is 23.7 Å². The van der Waals surface area contributed by atoms with Crippen LogP contribution in [0.25, 0.3) is 11.2 Å². The molecule has 0 aromatic carbocycles. The summed E-state index contributed by atoms with van der Waals surface area (Å²) in [5.41, 5.74) is 6.61. The highest BCUT2D eigenvalue weighted by molar-refractivity contribution is 8.14. The quantitative estimate of drug-likeness (QED) is 0.669. The maximum Gasteiger partial charge on any atom is 0.186 e. The number of aromatic nitrogens is 4. The molecule has 118 valence electrons. The predicted molar refractivity (Wildman–Crippen MR) is 78.8 cm³/mol. The number of thioether (sulfide) groups is 1. The van der Waals surface area contributed by atoms with Gasteiger partial charge in [0.2, 0.25) is 0 Å². The fourth-order valence-corrected chi connectivity index (χ4v) is 3.48. The number of ether oxygens (including phenoxy) is 1. The van der Waals surface area contributed by atoms with Crippen LogP contribution in [-0.2, 0) is 9.53 Å². The smallest absolute Gasteiger partial charge is 0.186 e. The molecule has 0 amide bonds. The van der Waals surface area contributed by atoms with Gasteiger partial charge in [0.05, 0.1) is 24.3 Å². The van der Waals surface area contributed by atoms with Crippen molar-refractivity contribution in [2.24, 2.45) is 0 Å². The minimum Gasteiger partial charge on any atom is -0.394 e. The van der Waals surface area contributed by atoms with E-state index in [0.717, 1.165) is 11.8 Å². The van der Waals surface area contributed by atoms with E-state index in [1.54, 1.807) is 4.57 Å². The summed E-state index contributed by atoms with van der Waals surface area (Å²) in [6.07, 6.45) is 0.317. The maximum atomic E-state index is 11.4. The topological polar surface area (TPSA) is 136 Å². The second kappa shape index (κ2) is 5.80. The van der Waals surface area contributed by atoms with Crippen molar-refractivity contribution in [2.45, 2.75) is 30.6 Å². The van der Waals surface area contributed by atoms with Gasteiger partial charge in [-0.05, 0) is 0 Å². The van der Waals surface area contributed by atoms with E-state index in [1.807, 2.05) is 0 Å². The van der Waals surface area contributed by atoms with Crippen molar-refractivity contribution < 1.29 is 19.7 Å². The van der Waals surface area contributed by atoms with E-state index in [-0.39, 0.29) is 17.5 Å². The third kappa shape index (κ3) is 2.43. The molecular formula is C12H15N5O4S. The van der Waals surface area contributed by atoms with Crippen molar-refractivity contribution in [1.29, 1.82) is 0 Å². The zero-order valence-corrected chi connectivity index (χ0v) is 12.5. The maximum absolute atomic E-state index is 11.4. The summed E-state index contributed by atoms with van der Waals surface area (Å²) in [5, 5.41) is 18.8. The van der Waals surface area contributed by atoms with Crippen LogP contribution in [0.15, 0.2) is 12.7 Å². The van der Waals surface area contributed by atoms with Crippen LogP contribution < -0.4 is 5.73 Å². The Hall–Kier alpha value is -1.75. The van der Waals surface area contributed by atoms with Gasteiger partial charge in [0, 0.05) is 6.92 Å². The molecule has 1 unspecified atom stereocenters. The van der Waals surface area contributed by atoms with Crippen molar-refractivity contribution in [3.8, 4) is 0 Å². The highest BCUT2D eigenvalue weighted by Gasteiger charge is 2.46. The lowest BCUT2D eigenvalue weighted by Crippen LogP contribution is -2.32. The second-order valence-electron chi connectivity index (χ2n) is 4.90. The van der Waals surface area contributed by atoms with E-state index in [4.69, 9.17) is 10.5 Å². The number of hydrogen-bond donors (Lipinski definition) is 3. The minimum absolute atomic E-state index is 0.158. The van der Waals surface area contributed by atoms with Gasteiger partial charge in [-0.25, -0.2) is 15.0 Å². The molecule has 1 saturated heterocycles. The van der Waals surface area contributed by atoms with E-state index in [9.17, 15) is 15.0 Å². The summed E-state index contributed by atoms with van der Waals surface area (Å²) in [6.45, 7) is 1.06. The molecule has 3 rings (SSSR count). The third-order valence-electron chi connectivity index (χ3n) is 3.46. The Labute approximate surface area is 129 Å². The predicted octanol–water partition coefficient (Wildman–Crippen LogP) is -0.693. The Morgan fingerprint density at radius 1 is 1.50 bits per heavy atom. The number of imidazole rings is 1. The third-order valence-corrected chi connectivity index (χ3v) is 4.57. The fraction of sp³-hybridized carbons (Fsp3) is 0.500.